The van der Waals surface area contributed by atoms with Gasteiger partial charge in [0.2, 0.25) is 6.79 Å². The van der Waals surface area contributed by atoms with Gasteiger partial charge < -0.3 is 24.8 Å². The number of hydrogen-bond donors (Lipinski definition) is 2. The monoisotopic (exact) mass is 379 g/mol. The van der Waals surface area contributed by atoms with Crippen LogP contribution in [0.5, 0.6) is 17.2 Å². The Labute approximate surface area is 163 Å². The summed E-state index contributed by atoms with van der Waals surface area (Å²) in [6.45, 7) is 1.10. The number of benzene rings is 2. The summed E-state index contributed by atoms with van der Waals surface area (Å²) in [7, 11) is 1.63. The Morgan fingerprint density at radius 1 is 1.18 bits per heavy atom. The quantitative estimate of drug-likeness (QED) is 0.415. The standard InChI is InChI=1S/C21H21N3O4/c1-26-18-5-2-15(3-6-18)8-9-23-13-17(11-22)21(25)24-12-16-4-7-19-20(10-16)28-14-27-19/h2-7,10,13,23H,8-9,12,14H2,1H3,(H,24,25)/b17-13-. The highest BCUT2D eigenvalue weighted by Gasteiger charge is 2.14. The summed E-state index contributed by atoms with van der Waals surface area (Å²) in [6, 6.07) is 15.1. The predicted octanol–water partition coefficient (Wildman–Crippen LogP) is 2.28. The molecule has 144 valence electrons. The largest absolute Gasteiger partial charge is 0.497 e. The van der Waals surface area contributed by atoms with E-state index in [-0.39, 0.29) is 12.4 Å². The maximum Gasteiger partial charge on any atom is 0.263 e. The molecule has 0 aliphatic carbocycles. The molecule has 28 heavy (non-hydrogen) atoms. The van der Waals surface area contributed by atoms with Crippen LogP contribution in [0.25, 0.3) is 0 Å². The molecule has 0 saturated carbocycles. The van der Waals surface area contributed by atoms with Crippen LogP contribution >= 0.6 is 0 Å². The lowest BCUT2D eigenvalue weighted by Gasteiger charge is -2.07. The molecule has 2 aromatic carbocycles. The van der Waals surface area contributed by atoms with Gasteiger partial charge in [-0.3, -0.25) is 4.79 Å². The fourth-order valence-corrected chi connectivity index (χ4v) is 2.66. The highest BCUT2D eigenvalue weighted by molar-refractivity contribution is 5.97. The van der Waals surface area contributed by atoms with Gasteiger partial charge in [-0.1, -0.05) is 18.2 Å². The van der Waals surface area contributed by atoms with Crippen LogP contribution in [0.15, 0.2) is 54.2 Å². The lowest BCUT2D eigenvalue weighted by Crippen LogP contribution is -2.25. The van der Waals surface area contributed by atoms with E-state index in [9.17, 15) is 10.1 Å². The van der Waals surface area contributed by atoms with Crippen LogP contribution < -0.4 is 24.8 Å². The molecule has 1 aliphatic rings. The van der Waals surface area contributed by atoms with Crippen molar-refractivity contribution in [1.29, 1.82) is 5.26 Å². The van der Waals surface area contributed by atoms with Crippen LogP contribution in [0, 0.1) is 11.3 Å². The van der Waals surface area contributed by atoms with Gasteiger partial charge >= 0.3 is 0 Å². The van der Waals surface area contributed by atoms with Gasteiger partial charge in [-0.25, -0.2) is 0 Å². The van der Waals surface area contributed by atoms with Gasteiger partial charge in [0, 0.05) is 19.3 Å². The van der Waals surface area contributed by atoms with Crippen molar-refractivity contribution in [3.63, 3.8) is 0 Å². The van der Waals surface area contributed by atoms with Gasteiger partial charge in [0.1, 0.15) is 17.4 Å². The van der Waals surface area contributed by atoms with Crippen LogP contribution in [0.4, 0.5) is 0 Å². The van der Waals surface area contributed by atoms with E-state index in [1.165, 1.54) is 6.20 Å². The number of hydrogen-bond acceptors (Lipinski definition) is 6. The lowest BCUT2D eigenvalue weighted by atomic mass is 10.1. The van der Waals surface area contributed by atoms with Gasteiger partial charge in [-0.2, -0.15) is 5.26 Å². The number of rotatable bonds is 8. The molecule has 2 N–H and O–H groups in total. The Balaban J connectivity index is 1.46. The molecule has 0 radical (unpaired) electrons. The number of nitriles is 1. The summed E-state index contributed by atoms with van der Waals surface area (Å²) >= 11 is 0. The Kier molecular flexibility index (Phi) is 6.37. The average Bonchev–Trinajstić information content (AvgIpc) is 3.20. The van der Waals surface area contributed by atoms with Crippen molar-refractivity contribution in [3.8, 4) is 23.3 Å². The van der Waals surface area contributed by atoms with Crippen molar-refractivity contribution in [3.05, 3.63) is 65.4 Å². The van der Waals surface area contributed by atoms with Crippen molar-refractivity contribution in [2.24, 2.45) is 0 Å². The molecule has 0 aromatic heterocycles. The third-order valence-electron chi connectivity index (χ3n) is 4.22. The fraction of sp³-hybridized carbons (Fsp3) is 0.238. The van der Waals surface area contributed by atoms with Crippen molar-refractivity contribution >= 4 is 5.91 Å². The number of carbonyl (C=O) groups is 1. The maximum absolute atomic E-state index is 12.2. The second kappa shape index (κ2) is 9.33. The number of nitrogens with one attached hydrogen (secondary N) is 2. The minimum atomic E-state index is -0.433. The summed E-state index contributed by atoms with van der Waals surface area (Å²) in [4.78, 5) is 12.2. The number of nitrogens with zero attached hydrogens (tertiary/aromatic N) is 1. The molecule has 1 heterocycles. The van der Waals surface area contributed by atoms with Crippen molar-refractivity contribution in [2.75, 3.05) is 20.4 Å². The van der Waals surface area contributed by atoms with Gasteiger partial charge in [-0.05, 0) is 41.8 Å². The van der Waals surface area contributed by atoms with Crippen molar-refractivity contribution in [1.82, 2.24) is 10.6 Å². The van der Waals surface area contributed by atoms with Crippen LogP contribution in [-0.4, -0.2) is 26.4 Å². The molecule has 0 atom stereocenters. The zero-order valence-electron chi connectivity index (χ0n) is 15.5. The van der Waals surface area contributed by atoms with Crippen LogP contribution in [0.1, 0.15) is 11.1 Å². The zero-order valence-corrected chi connectivity index (χ0v) is 15.5. The van der Waals surface area contributed by atoms with Crippen molar-refractivity contribution in [2.45, 2.75) is 13.0 Å². The van der Waals surface area contributed by atoms with E-state index in [2.05, 4.69) is 10.6 Å². The number of carbonyl (C=O) groups excluding carboxylic acids is 1. The molecule has 7 nitrogen and oxygen atoms in total. The molecule has 0 fully saturated rings. The Morgan fingerprint density at radius 2 is 1.93 bits per heavy atom. The summed E-state index contributed by atoms with van der Waals surface area (Å²) < 4.78 is 15.7. The summed E-state index contributed by atoms with van der Waals surface area (Å²) in [5, 5.41) is 15.0. The third-order valence-corrected chi connectivity index (χ3v) is 4.22. The fourth-order valence-electron chi connectivity index (χ4n) is 2.66. The molecule has 0 bridgehead atoms. The highest BCUT2D eigenvalue weighted by Crippen LogP contribution is 2.32. The second-order valence-corrected chi connectivity index (χ2v) is 6.09. The highest BCUT2D eigenvalue weighted by atomic mass is 16.7. The molecule has 7 heteroatoms. The first-order valence-corrected chi connectivity index (χ1v) is 8.83. The summed E-state index contributed by atoms with van der Waals surface area (Å²) in [6.07, 6.45) is 2.20. The first kappa shape index (κ1) is 19.1. The molecule has 3 rings (SSSR count). The normalized spacial score (nSPS) is 12.2. The second-order valence-electron chi connectivity index (χ2n) is 6.09. The average molecular weight is 379 g/mol. The van der Waals surface area contributed by atoms with Gasteiger partial charge in [-0.15, -0.1) is 0 Å². The zero-order chi connectivity index (χ0) is 19.8. The molecule has 1 aliphatic heterocycles. The Hall–Kier alpha value is -3.66. The van der Waals surface area contributed by atoms with E-state index in [0.717, 1.165) is 23.3 Å². The lowest BCUT2D eigenvalue weighted by molar-refractivity contribution is -0.117. The first-order valence-electron chi connectivity index (χ1n) is 8.83. The molecule has 0 unspecified atom stereocenters. The smallest absolute Gasteiger partial charge is 0.263 e. The number of methoxy groups -OCH3 is 1. The Bertz CT molecular complexity index is 901. The topological polar surface area (TPSA) is 92.6 Å². The third kappa shape index (κ3) is 4.95. The van der Waals surface area contributed by atoms with Gasteiger partial charge in [0.25, 0.3) is 5.91 Å². The number of amides is 1. The minimum absolute atomic E-state index is 0.0236. The molecule has 0 spiro atoms. The van der Waals surface area contributed by atoms with E-state index in [1.807, 2.05) is 42.5 Å². The predicted molar refractivity (Wildman–Crippen MR) is 103 cm³/mol. The van der Waals surface area contributed by atoms with E-state index < -0.39 is 5.91 Å². The molecular weight excluding hydrogens is 358 g/mol. The van der Waals surface area contributed by atoms with E-state index in [1.54, 1.807) is 13.2 Å². The number of fused-ring (bicyclic) bond motifs is 1. The van der Waals surface area contributed by atoms with E-state index >= 15 is 0 Å². The van der Waals surface area contributed by atoms with Crippen molar-refractivity contribution < 1.29 is 19.0 Å². The minimum Gasteiger partial charge on any atom is -0.497 e. The van der Waals surface area contributed by atoms with Crippen LogP contribution in [0.3, 0.4) is 0 Å². The van der Waals surface area contributed by atoms with Gasteiger partial charge in [0.05, 0.1) is 7.11 Å². The Morgan fingerprint density at radius 3 is 2.68 bits per heavy atom. The molecule has 2 aromatic rings. The molecule has 0 saturated heterocycles. The van der Waals surface area contributed by atoms with E-state index in [0.29, 0.717) is 24.6 Å². The van der Waals surface area contributed by atoms with Gasteiger partial charge in [0.15, 0.2) is 11.5 Å². The number of ether oxygens (including phenoxy) is 3. The summed E-state index contributed by atoms with van der Waals surface area (Å²) in [5.74, 6) is 1.72. The van der Waals surface area contributed by atoms with Crippen LogP contribution in [0.2, 0.25) is 0 Å². The first-order chi connectivity index (χ1) is 13.7. The SMILES string of the molecule is COc1ccc(CCN/C=C(/C#N)C(=O)NCc2ccc3c(c2)OCO3)cc1. The summed E-state index contributed by atoms with van der Waals surface area (Å²) in [5.41, 5.74) is 2.02. The molecule has 1 amide bonds. The van der Waals surface area contributed by atoms with E-state index in [4.69, 9.17) is 14.2 Å². The maximum atomic E-state index is 12.2. The van der Waals surface area contributed by atoms with Crippen LogP contribution in [-0.2, 0) is 17.8 Å². The molecular formula is C21H21N3O4.